The summed E-state index contributed by atoms with van der Waals surface area (Å²) in [6, 6.07) is 10.8. The highest BCUT2D eigenvalue weighted by molar-refractivity contribution is 5.14. The van der Waals surface area contributed by atoms with Gasteiger partial charge in [-0.25, -0.2) is 0 Å². The largest absolute Gasteiger partial charge is 0.316 e. The first kappa shape index (κ1) is 13.6. The van der Waals surface area contributed by atoms with Crippen LogP contribution in [0.5, 0.6) is 0 Å². The minimum absolute atomic E-state index is 0.979. The lowest BCUT2D eigenvalue weighted by Crippen LogP contribution is -2.22. The van der Waals surface area contributed by atoms with Crippen LogP contribution in [0.4, 0.5) is 0 Å². The molecule has 0 atom stereocenters. The van der Waals surface area contributed by atoms with Crippen LogP contribution in [-0.4, -0.2) is 13.1 Å². The summed E-state index contributed by atoms with van der Waals surface area (Å²) in [5, 5.41) is 3.59. The molecule has 0 radical (unpaired) electrons. The van der Waals surface area contributed by atoms with E-state index >= 15 is 0 Å². The van der Waals surface area contributed by atoms with Crippen molar-refractivity contribution in [2.75, 3.05) is 13.1 Å². The maximum absolute atomic E-state index is 3.59. The van der Waals surface area contributed by atoms with E-state index in [0.717, 1.165) is 24.8 Å². The fourth-order valence-electron chi connectivity index (χ4n) is 2.93. The summed E-state index contributed by atoms with van der Waals surface area (Å²) in [7, 11) is 0. The Morgan fingerprint density at radius 2 is 1.72 bits per heavy atom. The molecule has 1 nitrogen and oxygen atoms in total. The standard InChI is InChI=1S/C17H27N/c1-15-7-9-17(10-8-15)12-14-18-13-11-16-5-3-2-4-6-16/h2-6,15,17-18H,7-14H2,1H3. The van der Waals surface area contributed by atoms with E-state index in [1.165, 1.54) is 44.2 Å². The van der Waals surface area contributed by atoms with E-state index < -0.39 is 0 Å². The number of hydrogen-bond acceptors (Lipinski definition) is 1. The van der Waals surface area contributed by atoms with Gasteiger partial charge in [-0.3, -0.25) is 0 Å². The van der Waals surface area contributed by atoms with E-state index in [4.69, 9.17) is 0 Å². The van der Waals surface area contributed by atoms with Gasteiger partial charge in [0.2, 0.25) is 0 Å². The van der Waals surface area contributed by atoms with Crippen LogP contribution in [0.2, 0.25) is 0 Å². The number of benzene rings is 1. The van der Waals surface area contributed by atoms with Crippen molar-refractivity contribution in [2.45, 2.75) is 45.4 Å². The Balaban J connectivity index is 1.51. The molecule has 1 heteroatoms. The van der Waals surface area contributed by atoms with Gasteiger partial charge in [-0.05, 0) is 43.3 Å². The lowest BCUT2D eigenvalue weighted by molar-refractivity contribution is 0.275. The molecule has 0 aliphatic heterocycles. The average molecular weight is 245 g/mol. The van der Waals surface area contributed by atoms with Crippen LogP contribution in [0.25, 0.3) is 0 Å². The Bertz CT molecular complexity index is 312. The van der Waals surface area contributed by atoms with Gasteiger partial charge in [-0.2, -0.15) is 0 Å². The minimum atomic E-state index is 0.979. The molecule has 1 aliphatic carbocycles. The molecule has 1 aromatic rings. The van der Waals surface area contributed by atoms with E-state index in [9.17, 15) is 0 Å². The summed E-state index contributed by atoms with van der Waals surface area (Å²) in [5.74, 6) is 1.97. The molecule has 0 bridgehead atoms. The van der Waals surface area contributed by atoms with Crippen molar-refractivity contribution >= 4 is 0 Å². The summed E-state index contributed by atoms with van der Waals surface area (Å²) in [5.41, 5.74) is 1.44. The Hall–Kier alpha value is -0.820. The molecule has 1 aliphatic rings. The molecule has 0 saturated heterocycles. The molecule has 0 heterocycles. The van der Waals surface area contributed by atoms with Gasteiger partial charge in [0, 0.05) is 0 Å². The average Bonchev–Trinajstić information content (AvgIpc) is 2.42. The van der Waals surface area contributed by atoms with Crippen LogP contribution in [0.3, 0.4) is 0 Å². The third-order valence-electron chi connectivity index (χ3n) is 4.30. The normalized spacial score (nSPS) is 24.1. The van der Waals surface area contributed by atoms with Crippen LogP contribution in [0.1, 0.15) is 44.6 Å². The summed E-state index contributed by atoms with van der Waals surface area (Å²) >= 11 is 0. The van der Waals surface area contributed by atoms with Gasteiger partial charge in [0.05, 0.1) is 0 Å². The molecule has 1 aromatic carbocycles. The molecule has 100 valence electrons. The number of rotatable bonds is 6. The van der Waals surface area contributed by atoms with E-state index in [1.807, 2.05) is 0 Å². The molecule has 18 heavy (non-hydrogen) atoms. The highest BCUT2D eigenvalue weighted by Crippen LogP contribution is 2.29. The zero-order valence-electron chi connectivity index (χ0n) is 11.7. The van der Waals surface area contributed by atoms with Crippen molar-refractivity contribution in [1.29, 1.82) is 0 Å². The van der Waals surface area contributed by atoms with Gasteiger partial charge in [-0.15, -0.1) is 0 Å². The zero-order valence-corrected chi connectivity index (χ0v) is 11.7. The monoisotopic (exact) mass is 245 g/mol. The molecular formula is C17H27N. The van der Waals surface area contributed by atoms with Crippen LogP contribution in [0, 0.1) is 11.8 Å². The highest BCUT2D eigenvalue weighted by Gasteiger charge is 2.17. The maximum atomic E-state index is 3.59. The summed E-state index contributed by atoms with van der Waals surface area (Å²) in [6.07, 6.45) is 8.36. The third-order valence-corrected chi connectivity index (χ3v) is 4.30. The fourth-order valence-corrected chi connectivity index (χ4v) is 2.93. The molecule has 1 saturated carbocycles. The Morgan fingerprint density at radius 1 is 1.00 bits per heavy atom. The fraction of sp³-hybridized carbons (Fsp3) is 0.647. The van der Waals surface area contributed by atoms with Crippen LogP contribution in [-0.2, 0) is 6.42 Å². The third kappa shape index (κ3) is 4.81. The lowest BCUT2D eigenvalue weighted by Gasteiger charge is -2.26. The van der Waals surface area contributed by atoms with Crippen LogP contribution in [0.15, 0.2) is 30.3 Å². The van der Waals surface area contributed by atoms with E-state index in [0.29, 0.717) is 0 Å². The van der Waals surface area contributed by atoms with Crippen molar-refractivity contribution in [2.24, 2.45) is 11.8 Å². The number of hydrogen-bond donors (Lipinski definition) is 1. The van der Waals surface area contributed by atoms with E-state index in [1.54, 1.807) is 0 Å². The van der Waals surface area contributed by atoms with Gasteiger partial charge < -0.3 is 5.32 Å². The van der Waals surface area contributed by atoms with Crippen molar-refractivity contribution in [3.05, 3.63) is 35.9 Å². The molecule has 1 fully saturated rings. The predicted molar refractivity (Wildman–Crippen MR) is 78.8 cm³/mol. The second-order valence-electron chi connectivity index (χ2n) is 5.90. The summed E-state index contributed by atoms with van der Waals surface area (Å²) in [4.78, 5) is 0. The second-order valence-corrected chi connectivity index (χ2v) is 5.90. The van der Waals surface area contributed by atoms with Crippen molar-refractivity contribution in [3.8, 4) is 0 Å². The quantitative estimate of drug-likeness (QED) is 0.746. The van der Waals surface area contributed by atoms with E-state index in [-0.39, 0.29) is 0 Å². The molecule has 0 unspecified atom stereocenters. The molecule has 0 aromatic heterocycles. The van der Waals surface area contributed by atoms with Crippen molar-refractivity contribution < 1.29 is 0 Å². The Morgan fingerprint density at radius 3 is 2.44 bits per heavy atom. The van der Waals surface area contributed by atoms with E-state index in [2.05, 4.69) is 42.6 Å². The van der Waals surface area contributed by atoms with Crippen LogP contribution < -0.4 is 5.32 Å². The second kappa shape index (κ2) is 7.58. The molecule has 1 N–H and O–H groups in total. The summed E-state index contributed by atoms with van der Waals surface area (Å²) < 4.78 is 0. The van der Waals surface area contributed by atoms with Gasteiger partial charge in [0.15, 0.2) is 0 Å². The zero-order chi connectivity index (χ0) is 12.6. The predicted octanol–water partition coefficient (Wildman–Crippen LogP) is 4.04. The molecule has 0 amide bonds. The summed E-state index contributed by atoms with van der Waals surface area (Å²) in [6.45, 7) is 4.72. The Labute approximate surface area is 112 Å². The SMILES string of the molecule is CC1CCC(CCNCCc2ccccc2)CC1. The highest BCUT2D eigenvalue weighted by atomic mass is 14.8. The van der Waals surface area contributed by atoms with Crippen molar-refractivity contribution in [1.82, 2.24) is 5.32 Å². The molecule has 2 rings (SSSR count). The van der Waals surface area contributed by atoms with Crippen LogP contribution >= 0.6 is 0 Å². The first-order valence-electron chi connectivity index (χ1n) is 7.59. The number of nitrogens with one attached hydrogen (secondary N) is 1. The lowest BCUT2D eigenvalue weighted by atomic mass is 9.81. The Kier molecular flexibility index (Phi) is 5.73. The topological polar surface area (TPSA) is 12.0 Å². The van der Waals surface area contributed by atoms with Gasteiger partial charge in [0.25, 0.3) is 0 Å². The van der Waals surface area contributed by atoms with Gasteiger partial charge in [0.1, 0.15) is 0 Å². The van der Waals surface area contributed by atoms with Gasteiger partial charge in [-0.1, -0.05) is 62.9 Å². The smallest absolute Gasteiger partial charge is 0.000835 e. The van der Waals surface area contributed by atoms with Gasteiger partial charge >= 0.3 is 0 Å². The molecule has 0 spiro atoms. The maximum Gasteiger partial charge on any atom is -0.000835 e. The van der Waals surface area contributed by atoms with Crippen molar-refractivity contribution in [3.63, 3.8) is 0 Å². The first-order chi connectivity index (χ1) is 8.84. The molecular weight excluding hydrogens is 218 g/mol. The minimum Gasteiger partial charge on any atom is -0.316 e. The first-order valence-corrected chi connectivity index (χ1v) is 7.59.